The molecule has 0 fully saturated rings. The summed E-state index contributed by atoms with van der Waals surface area (Å²) >= 11 is 17.7. The maximum absolute atomic E-state index is 13.3. The average Bonchev–Trinajstić information content (AvgIpc) is 2.78. The summed E-state index contributed by atoms with van der Waals surface area (Å²) < 4.78 is 10.9. The van der Waals surface area contributed by atoms with Crippen LogP contribution in [0.1, 0.15) is 27.0 Å². The Hall–Kier alpha value is -2.71. The molecule has 1 heterocycles. The van der Waals surface area contributed by atoms with Crippen LogP contribution in [0.2, 0.25) is 10.0 Å². The van der Waals surface area contributed by atoms with E-state index in [2.05, 4.69) is 4.98 Å². The minimum absolute atomic E-state index is 0.105. The van der Waals surface area contributed by atoms with Crippen LogP contribution in [0.5, 0.6) is 5.75 Å². The Morgan fingerprint density at radius 1 is 1.09 bits per heavy atom. The minimum Gasteiger partial charge on any atom is -0.489 e. The third-order valence-corrected chi connectivity index (χ3v) is 5.82. The van der Waals surface area contributed by atoms with Crippen LogP contribution in [0, 0.1) is 4.64 Å². The quantitative estimate of drug-likeness (QED) is 0.264. The molecule has 0 saturated heterocycles. The topological polar surface area (TPSA) is 94.4 Å². The van der Waals surface area contributed by atoms with Gasteiger partial charge in [0.2, 0.25) is 0 Å². The highest BCUT2D eigenvalue weighted by Crippen LogP contribution is 2.27. The zero-order valence-corrected chi connectivity index (χ0v) is 19.4. The second-order valence-electron chi connectivity index (χ2n) is 6.88. The normalized spacial score (nSPS) is 11.6. The zero-order chi connectivity index (χ0) is 23.3. The second-order valence-corrected chi connectivity index (χ2v) is 8.11. The van der Waals surface area contributed by atoms with Crippen LogP contribution in [0.25, 0.3) is 0 Å². The molecule has 0 aliphatic heterocycles. The molecule has 166 valence electrons. The van der Waals surface area contributed by atoms with Crippen molar-refractivity contribution in [3.05, 3.63) is 91.7 Å². The standard InChI is InChI=1S/C23H20Cl2N2O4S/c1-30-23(29)20(26)10-13-7-8-14(31-12-17-18(24)5-2-6-19(17)25)11-16(13)21(28)15-4-3-9-27-22(15)32/h2-9,11,20H,10,12,26H2,1H3,(H,27,32)/t20-/m0/s1. The molecule has 0 aliphatic carbocycles. The highest BCUT2D eigenvalue weighted by Gasteiger charge is 2.21. The highest BCUT2D eigenvalue weighted by atomic mass is 35.5. The van der Waals surface area contributed by atoms with E-state index in [1.807, 2.05) is 0 Å². The average molecular weight is 491 g/mol. The summed E-state index contributed by atoms with van der Waals surface area (Å²) in [4.78, 5) is 28.0. The molecule has 0 radical (unpaired) electrons. The molecule has 3 aromatic rings. The van der Waals surface area contributed by atoms with Crippen molar-refractivity contribution in [2.75, 3.05) is 7.11 Å². The van der Waals surface area contributed by atoms with Gasteiger partial charge in [-0.05, 0) is 48.4 Å². The minimum atomic E-state index is -0.925. The number of hydrogen-bond acceptors (Lipinski definition) is 6. The molecule has 6 nitrogen and oxygen atoms in total. The Labute approximate surface area is 200 Å². The number of carbonyl (C=O) groups is 2. The Balaban J connectivity index is 1.96. The number of carbonyl (C=O) groups excluding carboxylic acids is 2. The van der Waals surface area contributed by atoms with Gasteiger partial charge in [0.05, 0.1) is 12.7 Å². The third kappa shape index (κ3) is 5.55. The fourth-order valence-electron chi connectivity index (χ4n) is 3.08. The van der Waals surface area contributed by atoms with E-state index in [1.165, 1.54) is 7.11 Å². The van der Waals surface area contributed by atoms with Crippen LogP contribution in [0.3, 0.4) is 0 Å². The summed E-state index contributed by atoms with van der Waals surface area (Å²) in [6.45, 7) is 0.110. The van der Waals surface area contributed by atoms with Crippen LogP contribution in [-0.4, -0.2) is 29.9 Å². The number of aromatic amines is 1. The van der Waals surface area contributed by atoms with E-state index >= 15 is 0 Å². The zero-order valence-electron chi connectivity index (χ0n) is 17.1. The number of benzene rings is 2. The van der Waals surface area contributed by atoms with Crippen molar-refractivity contribution >= 4 is 47.2 Å². The molecule has 0 bridgehead atoms. The van der Waals surface area contributed by atoms with Crippen molar-refractivity contribution in [1.29, 1.82) is 0 Å². The first-order valence-corrected chi connectivity index (χ1v) is 10.7. The van der Waals surface area contributed by atoms with Crippen LogP contribution < -0.4 is 10.5 Å². The van der Waals surface area contributed by atoms with E-state index in [-0.39, 0.29) is 18.8 Å². The van der Waals surface area contributed by atoms with Gasteiger partial charge in [0.25, 0.3) is 0 Å². The lowest BCUT2D eigenvalue weighted by atomic mass is 9.94. The van der Waals surface area contributed by atoms with Gasteiger partial charge in [-0.15, -0.1) is 0 Å². The van der Waals surface area contributed by atoms with E-state index in [4.69, 9.17) is 50.6 Å². The summed E-state index contributed by atoms with van der Waals surface area (Å²) in [6, 6.07) is 12.5. The smallest absolute Gasteiger partial charge is 0.322 e. The molecular weight excluding hydrogens is 471 g/mol. The molecular formula is C23H20Cl2N2O4S. The summed E-state index contributed by atoms with van der Waals surface area (Å²) in [5.74, 6) is -0.472. The molecule has 3 N–H and O–H groups in total. The van der Waals surface area contributed by atoms with Gasteiger partial charge in [0.15, 0.2) is 5.78 Å². The van der Waals surface area contributed by atoms with Gasteiger partial charge in [-0.25, -0.2) is 0 Å². The van der Waals surface area contributed by atoms with Gasteiger partial charge < -0.3 is 20.2 Å². The van der Waals surface area contributed by atoms with Crippen LogP contribution in [0.15, 0.2) is 54.7 Å². The van der Waals surface area contributed by atoms with Crippen molar-refractivity contribution < 1.29 is 19.1 Å². The molecule has 0 unspecified atom stereocenters. The number of rotatable bonds is 8. The number of nitrogens with two attached hydrogens (primary N) is 1. The molecule has 1 atom stereocenters. The predicted molar refractivity (Wildman–Crippen MR) is 126 cm³/mol. The van der Waals surface area contributed by atoms with Crippen LogP contribution in [0.4, 0.5) is 0 Å². The summed E-state index contributed by atoms with van der Waals surface area (Å²) in [7, 11) is 1.26. The van der Waals surface area contributed by atoms with Crippen molar-refractivity contribution in [1.82, 2.24) is 4.98 Å². The van der Waals surface area contributed by atoms with Gasteiger partial charge in [0, 0.05) is 27.4 Å². The number of H-pyrrole nitrogens is 1. The molecule has 0 amide bonds. The number of pyridine rings is 1. The monoisotopic (exact) mass is 490 g/mol. The maximum Gasteiger partial charge on any atom is 0.322 e. The van der Waals surface area contributed by atoms with Gasteiger partial charge in [-0.3, -0.25) is 9.59 Å². The van der Waals surface area contributed by atoms with Crippen molar-refractivity contribution in [2.45, 2.75) is 19.1 Å². The molecule has 9 heteroatoms. The number of methoxy groups -OCH3 is 1. The van der Waals surface area contributed by atoms with Gasteiger partial charge >= 0.3 is 5.97 Å². The molecule has 1 aromatic heterocycles. The number of hydrogen-bond donors (Lipinski definition) is 2. The summed E-state index contributed by atoms with van der Waals surface area (Å²) in [5, 5.41) is 0.954. The lowest BCUT2D eigenvalue weighted by Gasteiger charge is -2.15. The Morgan fingerprint density at radius 2 is 1.81 bits per heavy atom. The first-order valence-electron chi connectivity index (χ1n) is 9.56. The van der Waals surface area contributed by atoms with Gasteiger partial charge in [-0.1, -0.05) is 47.6 Å². The second kappa shape index (κ2) is 10.7. The number of ketones is 1. The lowest BCUT2D eigenvalue weighted by Crippen LogP contribution is -2.34. The van der Waals surface area contributed by atoms with Crippen LogP contribution >= 0.6 is 35.4 Å². The Kier molecular flexibility index (Phi) is 8.04. The molecule has 0 spiro atoms. The number of esters is 1. The molecule has 32 heavy (non-hydrogen) atoms. The molecule has 0 aliphatic rings. The number of ether oxygens (including phenoxy) is 2. The first kappa shape index (κ1) is 23.9. The molecule has 3 rings (SSSR count). The van der Waals surface area contributed by atoms with E-state index in [1.54, 1.807) is 54.7 Å². The van der Waals surface area contributed by atoms with Gasteiger partial charge in [0.1, 0.15) is 23.0 Å². The van der Waals surface area contributed by atoms with Crippen molar-refractivity contribution in [3.8, 4) is 5.75 Å². The third-order valence-electron chi connectivity index (χ3n) is 4.78. The number of nitrogens with one attached hydrogen (secondary N) is 1. The molecule has 0 saturated carbocycles. The molecule has 2 aromatic carbocycles. The van der Waals surface area contributed by atoms with E-state index < -0.39 is 12.0 Å². The number of halogens is 2. The Bertz CT molecular complexity index is 1190. The summed E-state index contributed by atoms with van der Waals surface area (Å²) in [6.07, 6.45) is 1.74. The van der Waals surface area contributed by atoms with Crippen LogP contribution in [-0.2, 0) is 22.6 Å². The van der Waals surface area contributed by atoms with Crippen molar-refractivity contribution in [3.63, 3.8) is 0 Å². The summed E-state index contributed by atoms with van der Waals surface area (Å²) in [5.41, 5.74) is 7.76. The maximum atomic E-state index is 13.3. The SMILES string of the molecule is COC(=O)[C@@H](N)Cc1ccc(OCc2c(Cl)cccc2Cl)cc1C(=O)c1ccc[nH]c1=S. The largest absolute Gasteiger partial charge is 0.489 e. The Morgan fingerprint density at radius 3 is 2.47 bits per heavy atom. The number of aromatic nitrogens is 1. The van der Waals surface area contributed by atoms with Gasteiger partial charge in [-0.2, -0.15) is 0 Å². The van der Waals surface area contributed by atoms with E-state index in [0.717, 1.165) is 0 Å². The fourth-order valence-corrected chi connectivity index (χ4v) is 3.81. The fraction of sp³-hybridized carbons (Fsp3) is 0.174. The first-order chi connectivity index (χ1) is 15.3. The highest BCUT2D eigenvalue weighted by molar-refractivity contribution is 7.71. The predicted octanol–water partition coefficient (Wildman–Crippen LogP) is 4.90. The lowest BCUT2D eigenvalue weighted by molar-refractivity contribution is -0.142. The van der Waals surface area contributed by atoms with E-state index in [9.17, 15) is 9.59 Å². The van der Waals surface area contributed by atoms with Crippen molar-refractivity contribution in [2.24, 2.45) is 5.73 Å². The van der Waals surface area contributed by atoms with E-state index in [0.29, 0.717) is 42.7 Å².